The van der Waals surface area contributed by atoms with Crippen LogP contribution < -0.4 is 10.0 Å². The summed E-state index contributed by atoms with van der Waals surface area (Å²) in [5.74, 6) is -0.136. The number of nitrogens with one attached hydrogen (secondary N) is 2. The molecule has 30 heavy (non-hydrogen) atoms. The van der Waals surface area contributed by atoms with Crippen LogP contribution in [0.25, 0.3) is 10.9 Å². The SMILES string of the molecule is CC(C)(C)S(=O)NC(Cc1ccccc1CO)c1ccc2c3c(ccnc13)NC2=O. The summed E-state index contributed by atoms with van der Waals surface area (Å²) in [6, 6.07) is 12.8. The van der Waals surface area contributed by atoms with Crippen molar-refractivity contribution in [1.82, 2.24) is 9.71 Å². The van der Waals surface area contributed by atoms with Gasteiger partial charge in [-0.1, -0.05) is 30.3 Å². The Bertz CT molecular complexity index is 1150. The number of aliphatic hydroxyl groups is 1. The van der Waals surface area contributed by atoms with Gasteiger partial charge in [-0.2, -0.15) is 0 Å². The number of carbonyl (C=O) groups excluding carboxylic acids is 1. The highest BCUT2D eigenvalue weighted by Gasteiger charge is 2.29. The molecule has 3 aromatic rings. The van der Waals surface area contributed by atoms with E-state index in [1.807, 2.05) is 51.1 Å². The maximum atomic E-state index is 13.0. The number of hydrogen-bond acceptors (Lipinski definition) is 4. The third kappa shape index (κ3) is 3.76. The topological polar surface area (TPSA) is 91.3 Å². The van der Waals surface area contributed by atoms with Crippen molar-refractivity contribution in [2.24, 2.45) is 0 Å². The van der Waals surface area contributed by atoms with Crippen molar-refractivity contribution in [3.63, 3.8) is 0 Å². The molecule has 1 aliphatic heterocycles. The Hall–Kier alpha value is -2.61. The summed E-state index contributed by atoms with van der Waals surface area (Å²) in [5, 5.41) is 13.4. The molecule has 1 aromatic heterocycles. The Morgan fingerprint density at radius 3 is 2.57 bits per heavy atom. The van der Waals surface area contributed by atoms with Crippen LogP contribution in [-0.2, 0) is 24.0 Å². The minimum absolute atomic E-state index is 0.0637. The van der Waals surface area contributed by atoms with Gasteiger partial charge in [0.25, 0.3) is 5.91 Å². The Balaban J connectivity index is 1.83. The Kier molecular flexibility index (Phi) is 5.44. The number of benzene rings is 2. The van der Waals surface area contributed by atoms with Crippen LogP contribution in [0.3, 0.4) is 0 Å². The number of anilines is 1. The van der Waals surface area contributed by atoms with Gasteiger partial charge in [0.15, 0.2) is 0 Å². The lowest BCUT2D eigenvalue weighted by Crippen LogP contribution is -2.36. The fourth-order valence-electron chi connectivity index (χ4n) is 3.70. The van der Waals surface area contributed by atoms with Gasteiger partial charge in [-0.15, -0.1) is 0 Å². The summed E-state index contributed by atoms with van der Waals surface area (Å²) in [7, 11) is -1.32. The lowest BCUT2D eigenvalue weighted by atomic mass is 9.93. The van der Waals surface area contributed by atoms with E-state index in [1.165, 1.54) is 0 Å². The minimum Gasteiger partial charge on any atom is -0.392 e. The van der Waals surface area contributed by atoms with E-state index in [0.29, 0.717) is 17.5 Å². The molecule has 6 nitrogen and oxygen atoms in total. The van der Waals surface area contributed by atoms with Gasteiger partial charge >= 0.3 is 0 Å². The zero-order chi connectivity index (χ0) is 21.5. The molecule has 4 rings (SSSR count). The Labute approximate surface area is 178 Å². The smallest absolute Gasteiger partial charge is 0.256 e. The zero-order valence-electron chi connectivity index (χ0n) is 17.2. The molecule has 2 unspecified atom stereocenters. The fourth-order valence-corrected chi connectivity index (χ4v) is 4.53. The average Bonchev–Trinajstić information content (AvgIpc) is 3.04. The second kappa shape index (κ2) is 7.91. The van der Waals surface area contributed by atoms with Gasteiger partial charge in [0.05, 0.1) is 45.1 Å². The average molecular weight is 424 g/mol. The third-order valence-corrected chi connectivity index (χ3v) is 6.92. The summed E-state index contributed by atoms with van der Waals surface area (Å²) in [6.07, 6.45) is 2.20. The highest BCUT2D eigenvalue weighted by atomic mass is 32.2. The standard InChI is InChI=1S/C23H25N3O3S/c1-23(2,3)30(29)26-19(12-14-6-4-5-7-15(14)13-27)16-8-9-17-20-18(25-22(17)28)10-11-24-21(16)20/h4-11,19,26-27H,12-13H2,1-3H3,(H,25,28). The van der Waals surface area contributed by atoms with Gasteiger partial charge in [0, 0.05) is 11.6 Å². The zero-order valence-corrected chi connectivity index (χ0v) is 18.0. The maximum Gasteiger partial charge on any atom is 0.256 e. The van der Waals surface area contributed by atoms with Gasteiger partial charge in [-0.3, -0.25) is 9.78 Å². The molecular formula is C23H25N3O3S. The molecule has 156 valence electrons. The first-order valence-corrected chi connectivity index (χ1v) is 11.0. The molecule has 2 heterocycles. The monoisotopic (exact) mass is 423 g/mol. The van der Waals surface area contributed by atoms with E-state index in [9.17, 15) is 14.1 Å². The van der Waals surface area contributed by atoms with E-state index in [1.54, 1.807) is 18.3 Å². The van der Waals surface area contributed by atoms with Crippen LogP contribution in [0.4, 0.5) is 5.69 Å². The van der Waals surface area contributed by atoms with Gasteiger partial charge in [-0.25, -0.2) is 8.93 Å². The molecule has 0 saturated carbocycles. The second-order valence-electron chi connectivity index (χ2n) is 8.42. The number of hydrogen-bond donors (Lipinski definition) is 3. The van der Waals surface area contributed by atoms with Gasteiger partial charge < -0.3 is 10.4 Å². The number of amides is 1. The van der Waals surface area contributed by atoms with E-state index >= 15 is 0 Å². The molecule has 0 saturated heterocycles. The molecule has 0 fully saturated rings. The minimum atomic E-state index is -1.32. The van der Waals surface area contributed by atoms with Crippen LogP contribution in [0.5, 0.6) is 0 Å². The number of nitrogens with zero attached hydrogens (tertiary/aromatic N) is 1. The molecule has 7 heteroatoms. The predicted octanol–water partition coefficient (Wildman–Crippen LogP) is 3.63. The number of aromatic nitrogens is 1. The molecule has 0 bridgehead atoms. The van der Waals surface area contributed by atoms with Crippen molar-refractivity contribution in [2.45, 2.75) is 44.6 Å². The molecule has 1 amide bonds. The summed E-state index contributed by atoms with van der Waals surface area (Å²) in [5.41, 5.74) is 4.74. The summed E-state index contributed by atoms with van der Waals surface area (Å²) in [6.45, 7) is 5.70. The first-order valence-electron chi connectivity index (χ1n) is 9.88. The quantitative estimate of drug-likeness (QED) is 0.565. The summed E-state index contributed by atoms with van der Waals surface area (Å²) >= 11 is 0. The molecule has 0 spiro atoms. The number of pyridine rings is 1. The van der Waals surface area contributed by atoms with Gasteiger partial charge in [-0.05, 0) is 56.0 Å². The molecule has 3 N–H and O–H groups in total. The Morgan fingerprint density at radius 1 is 1.13 bits per heavy atom. The lowest BCUT2D eigenvalue weighted by Gasteiger charge is -2.26. The molecule has 2 aromatic carbocycles. The van der Waals surface area contributed by atoms with Gasteiger partial charge in [0.1, 0.15) is 0 Å². The van der Waals surface area contributed by atoms with Crippen LogP contribution in [0, 0.1) is 0 Å². The van der Waals surface area contributed by atoms with Crippen molar-refractivity contribution in [2.75, 3.05) is 5.32 Å². The predicted molar refractivity (Wildman–Crippen MR) is 120 cm³/mol. The van der Waals surface area contributed by atoms with Crippen LogP contribution in [0.2, 0.25) is 0 Å². The number of carbonyl (C=O) groups is 1. The number of rotatable bonds is 6. The van der Waals surface area contributed by atoms with E-state index in [-0.39, 0.29) is 18.6 Å². The Morgan fingerprint density at radius 2 is 1.87 bits per heavy atom. The highest BCUT2D eigenvalue weighted by molar-refractivity contribution is 7.84. The molecular weight excluding hydrogens is 398 g/mol. The highest BCUT2D eigenvalue weighted by Crippen LogP contribution is 2.36. The van der Waals surface area contributed by atoms with Gasteiger partial charge in [0.2, 0.25) is 0 Å². The molecule has 0 radical (unpaired) electrons. The van der Waals surface area contributed by atoms with E-state index in [2.05, 4.69) is 15.0 Å². The second-order valence-corrected chi connectivity index (χ2v) is 10.4. The van der Waals surface area contributed by atoms with Crippen molar-refractivity contribution >= 4 is 33.5 Å². The first kappa shape index (κ1) is 20.7. The van der Waals surface area contributed by atoms with Crippen molar-refractivity contribution in [3.8, 4) is 0 Å². The van der Waals surface area contributed by atoms with Crippen LogP contribution >= 0.6 is 0 Å². The molecule has 0 aliphatic carbocycles. The normalized spacial score (nSPS) is 15.3. The first-order chi connectivity index (χ1) is 14.3. The van der Waals surface area contributed by atoms with E-state index in [0.717, 1.165) is 27.8 Å². The number of aliphatic hydroxyl groups excluding tert-OH is 1. The largest absolute Gasteiger partial charge is 0.392 e. The maximum absolute atomic E-state index is 13.0. The third-order valence-electron chi connectivity index (χ3n) is 5.31. The fraction of sp³-hybridized carbons (Fsp3) is 0.304. The van der Waals surface area contributed by atoms with Crippen LogP contribution in [0.15, 0.2) is 48.7 Å². The van der Waals surface area contributed by atoms with E-state index < -0.39 is 15.7 Å². The summed E-state index contributed by atoms with van der Waals surface area (Å²) in [4.78, 5) is 16.9. The van der Waals surface area contributed by atoms with Crippen molar-refractivity contribution in [3.05, 3.63) is 70.9 Å². The molecule has 2 atom stereocenters. The van der Waals surface area contributed by atoms with Crippen LogP contribution in [0.1, 0.15) is 53.9 Å². The van der Waals surface area contributed by atoms with Crippen LogP contribution in [-0.4, -0.2) is 25.0 Å². The van der Waals surface area contributed by atoms with E-state index in [4.69, 9.17) is 0 Å². The lowest BCUT2D eigenvalue weighted by molar-refractivity contribution is 0.103. The van der Waals surface area contributed by atoms with Crippen molar-refractivity contribution in [1.29, 1.82) is 0 Å². The summed E-state index contributed by atoms with van der Waals surface area (Å²) < 4.78 is 15.8. The molecule has 1 aliphatic rings. The van der Waals surface area contributed by atoms with Crippen molar-refractivity contribution < 1.29 is 14.1 Å².